The smallest absolute Gasteiger partial charge is 0.296 e. The second-order valence-electron chi connectivity index (χ2n) is 4.95. The van der Waals surface area contributed by atoms with Gasteiger partial charge in [-0.3, -0.25) is 0 Å². The number of nitrogens with zero attached hydrogens (tertiary/aromatic N) is 5. The van der Waals surface area contributed by atoms with Crippen molar-refractivity contribution in [3.63, 3.8) is 0 Å². The number of isocyanates is 3. The Morgan fingerprint density at radius 3 is 2.11 bits per heavy atom. The molecule has 1 rings (SSSR count). The van der Waals surface area contributed by atoms with Crippen molar-refractivity contribution < 1.29 is 28.7 Å². The lowest BCUT2D eigenvalue weighted by atomic mass is 10.4. The lowest BCUT2D eigenvalue weighted by molar-refractivity contribution is -0.377. The average Bonchev–Trinajstić information content (AvgIpc) is 2.66. The van der Waals surface area contributed by atoms with Crippen LogP contribution in [-0.4, -0.2) is 48.9 Å². The van der Waals surface area contributed by atoms with Crippen molar-refractivity contribution in [3.05, 3.63) is 11.5 Å². The van der Waals surface area contributed by atoms with Crippen molar-refractivity contribution in [2.45, 2.75) is 46.0 Å². The Hall–Kier alpha value is -2.97. The molecule has 0 bridgehead atoms. The molecule has 1 aliphatic rings. The number of carbonyl (C=O) groups excluding carboxylic acids is 3. The molecule has 0 aromatic rings. The highest BCUT2D eigenvalue weighted by Crippen LogP contribution is 2.19. The molecular weight excluding hydrogens is 360 g/mol. The van der Waals surface area contributed by atoms with Crippen LogP contribution in [0.2, 0.25) is 0 Å². The predicted molar refractivity (Wildman–Crippen MR) is 90.4 cm³/mol. The zero-order valence-corrected chi connectivity index (χ0v) is 15.0. The Balaban J connectivity index is 3.06. The standard InChI is InChI=1S/C15H20N6O6/c1-3-5-7-25-15(26-8-6-4-2)27-21-14(18-11-24)12(16-9-22)13(17-10-23)19-20-21/h15,20H,3-8H2,1-2H3. The second kappa shape index (κ2) is 13.3. The van der Waals surface area contributed by atoms with Gasteiger partial charge in [0.2, 0.25) is 29.9 Å². The molecule has 0 saturated carbocycles. The molecule has 1 N–H and O–H groups in total. The van der Waals surface area contributed by atoms with E-state index in [0.29, 0.717) is 13.2 Å². The monoisotopic (exact) mass is 380 g/mol. The lowest BCUT2D eigenvalue weighted by Gasteiger charge is -2.28. The molecular formula is C15H20N6O6. The fourth-order valence-corrected chi connectivity index (χ4v) is 1.71. The largest absolute Gasteiger partial charge is 0.328 e. The first-order valence-corrected chi connectivity index (χ1v) is 8.23. The summed E-state index contributed by atoms with van der Waals surface area (Å²) >= 11 is 0. The van der Waals surface area contributed by atoms with Gasteiger partial charge in [0.15, 0.2) is 5.70 Å². The van der Waals surface area contributed by atoms with Gasteiger partial charge in [0.1, 0.15) is 0 Å². The molecule has 0 radical (unpaired) electrons. The van der Waals surface area contributed by atoms with Gasteiger partial charge in [0, 0.05) is 0 Å². The maximum absolute atomic E-state index is 10.8. The van der Waals surface area contributed by atoms with E-state index in [1.807, 2.05) is 13.8 Å². The van der Waals surface area contributed by atoms with Crippen LogP contribution in [0.4, 0.5) is 0 Å². The van der Waals surface area contributed by atoms with Crippen LogP contribution in [-0.2, 0) is 28.7 Å². The van der Waals surface area contributed by atoms with E-state index >= 15 is 0 Å². The topological polar surface area (TPSA) is 144 Å². The molecule has 146 valence electrons. The summed E-state index contributed by atoms with van der Waals surface area (Å²) in [7, 11) is 0. The summed E-state index contributed by atoms with van der Waals surface area (Å²) in [5.41, 5.74) is 1.98. The number of unbranched alkanes of at least 4 members (excludes halogenated alkanes) is 2. The number of hydrogen-bond acceptors (Lipinski definition) is 12. The maximum Gasteiger partial charge on any atom is 0.296 e. The van der Waals surface area contributed by atoms with Crippen LogP contribution < -0.4 is 5.53 Å². The van der Waals surface area contributed by atoms with Gasteiger partial charge in [-0.1, -0.05) is 26.7 Å². The van der Waals surface area contributed by atoms with Gasteiger partial charge in [-0.25, -0.2) is 14.4 Å². The van der Waals surface area contributed by atoms with Gasteiger partial charge in [0.05, 0.1) is 13.2 Å². The van der Waals surface area contributed by atoms with Crippen LogP contribution in [0.3, 0.4) is 0 Å². The summed E-state index contributed by atoms with van der Waals surface area (Å²) in [5, 5.41) is 4.47. The molecule has 1 heterocycles. The summed E-state index contributed by atoms with van der Waals surface area (Å²) < 4.78 is 11.0. The van der Waals surface area contributed by atoms with Crippen molar-refractivity contribution in [2.75, 3.05) is 13.2 Å². The highest BCUT2D eigenvalue weighted by atomic mass is 16.9. The van der Waals surface area contributed by atoms with Crippen molar-refractivity contribution in [1.29, 1.82) is 0 Å². The van der Waals surface area contributed by atoms with Crippen molar-refractivity contribution in [1.82, 2.24) is 10.7 Å². The fraction of sp³-hybridized carbons (Fsp3) is 0.600. The van der Waals surface area contributed by atoms with Gasteiger partial charge < -0.3 is 9.47 Å². The Morgan fingerprint density at radius 2 is 1.59 bits per heavy atom. The molecule has 0 fully saturated rings. The van der Waals surface area contributed by atoms with Crippen molar-refractivity contribution in [2.24, 2.45) is 20.1 Å². The van der Waals surface area contributed by atoms with Crippen LogP contribution in [0, 0.1) is 0 Å². The Kier molecular flexibility index (Phi) is 10.8. The molecule has 0 saturated heterocycles. The Morgan fingerprint density at radius 1 is 1.00 bits per heavy atom. The molecule has 27 heavy (non-hydrogen) atoms. The third kappa shape index (κ3) is 7.43. The van der Waals surface area contributed by atoms with Gasteiger partial charge >= 0.3 is 0 Å². The normalized spacial score (nSPS) is 13.3. The molecule has 0 amide bonds. The first-order chi connectivity index (χ1) is 13.2. The van der Waals surface area contributed by atoms with Crippen LogP contribution in [0.25, 0.3) is 0 Å². The highest BCUT2D eigenvalue weighted by Gasteiger charge is 2.28. The quantitative estimate of drug-likeness (QED) is 0.230. The molecule has 12 nitrogen and oxygen atoms in total. The number of nitrogens with one attached hydrogen (secondary N) is 1. The molecule has 0 unspecified atom stereocenters. The van der Waals surface area contributed by atoms with E-state index in [-0.39, 0.29) is 17.4 Å². The number of ether oxygens (including phenoxy) is 2. The zero-order chi connectivity index (χ0) is 19.9. The van der Waals surface area contributed by atoms with E-state index in [1.165, 1.54) is 18.2 Å². The molecule has 0 aromatic heterocycles. The maximum atomic E-state index is 10.8. The van der Waals surface area contributed by atoms with Gasteiger partial charge in [-0.2, -0.15) is 15.4 Å². The van der Waals surface area contributed by atoms with Gasteiger partial charge in [-0.05, 0) is 12.8 Å². The number of hydroxylamine groups is 1. The summed E-state index contributed by atoms with van der Waals surface area (Å²) in [4.78, 5) is 47.4. The minimum absolute atomic E-state index is 0.347. The summed E-state index contributed by atoms with van der Waals surface area (Å²) in [6.45, 7) is 3.56. The molecule has 0 aromatic carbocycles. The predicted octanol–water partition coefficient (Wildman–Crippen LogP) is 1.15. The first kappa shape index (κ1) is 22.1. The van der Waals surface area contributed by atoms with Gasteiger partial charge in [-0.15, -0.1) is 20.3 Å². The van der Waals surface area contributed by atoms with Gasteiger partial charge in [0.25, 0.3) is 6.48 Å². The summed E-state index contributed by atoms with van der Waals surface area (Å²) in [5.74, 6) is -0.696. The number of hydrazine groups is 1. The minimum Gasteiger partial charge on any atom is -0.328 e. The molecule has 0 atom stereocenters. The number of aliphatic imine (C=N–C) groups is 3. The Labute approximate surface area is 155 Å². The molecule has 0 spiro atoms. The molecule has 0 aliphatic carbocycles. The third-order valence-electron chi connectivity index (χ3n) is 3.02. The van der Waals surface area contributed by atoms with Crippen LogP contribution in [0.15, 0.2) is 31.6 Å². The third-order valence-corrected chi connectivity index (χ3v) is 3.02. The first-order valence-electron chi connectivity index (χ1n) is 8.23. The fourth-order valence-electron chi connectivity index (χ4n) is 1.71. The van der Waals surface area contributed by atoms with E-state index in [4.69, 9.17) is 14.3 Å². The zero-order valence-electron chi connectivity index (χ0n) is 15.0. The average molecular weight is 380 g/mol. The van der Waals surface area contributed by atoms with Crippen molar-refractivity contribution in [3.8, 4) is 0 Å². The number of hydrogen-bond donors (Lipinski definition) is 1. The molecule has 1 aliphatic heterocycles. The van der Waals surface area contributed by atoms with E-state index in [9.17, 15) is 14.4 Å². The van der Waals surface area contributed by atoms with Crippen LogP contribution >= 0.6 is 0 Å². The summed E-state index contributed by atoms with van der Waals surface area (Å²) in [6, 6.07) is 0. The number of hydrazone groups is 1. The minimum atomic E-state index is -1.15. The highest BCUT2D eigenvalue weighted by molar-refractivity contribution is 6.02. The van der Waals surface area contributed by atoms with E-state index in [1.54, 1.807) is 0 Å². The van der Waals surface area contributed by atoms with E-state index < -0.39 is 6.48 Å². The summed E-state index contributed by atoms with van der Waals surface area (Å²) in [6.07, 6.45) is 7.14. The van der Waals surface area contributed by atoms with E-state index in [0.717, 1.165) is 30.9 Å². The van der Waals surface area contributed by atoms with Crippen LogP contribution in [0.1, 0.15) is 39.5 Å². The van der Waals surface area contributed by atoms with Crippen LogP contribution in [0.5, 0.6) is 0 Å². The number of amidine groups is 1. The second-order valence-corrected chi connectivity index (χ2v) is 4.95. The molecule has 12 heteroatoms. The SMILES string of the molecule is CCCCOC(OCCCC)ON1NN=C(N=C=O)C(N=C=O)=C1N=C=O. The van der Waals surface area contributed by atoms with E-state index in [2.05, 4.69) is 25.6 Å². The lowest BCUT2D eigenvalue weighted by Crippen LogP contribution is -2.42. The number of rotatable bonds is 12. The van der Waals surface area contributed by atoms with Crippen molar-refractivity contribution >= 4 is 24.1 Å². The Bertz CT molecular complexity index is 679.